The van der Waals surface area contributed by atoms with Gasteiger partial charge < -0.3 is 5.73 Å². The smallest absolute Gasteiger partial charge is 0.241 e. The molecule has 0 bridgehead atoms. The molecule has 1 aromatic carbocycles. The monoisotopic (exact) mass is 350 g/mol. The Bertz CT molecular complexity index is 532. The highest BCUT2D eigenvalue weighted by atomic mass is 79.9. The summed E-state index contributed by atoms with van der Waals surface area (Å²) in [4.78, 5) is 0.517. The Morgan fingerprint density at radius 1 is 1.50 bits per heavy atom. The van der Waals surface area contributed by atoms with Gasteiger partial charge in [0.1, 0.15) is 0 Å². The fraction of sp³-hybridized carbons (Fsp3) is 0.364. The number of hydrogen-bond donors (Lipinski definition) is 2. The third kappa shape index (κ3) is 4.31. The van der Waals surface area contributed by atoms with E-state index in [0.717, 1.165) is 0 Å². The van der Waals surface area contributed by atoms with Crippen LogP contribution in [0.25, 0.3) is 0 Å². The molecule has 0 radical (unpaired) electrons. The molecular formula is C11H15BrN2O2S2. The van der Waals surface area contributed by atoms with Crippen LogP contribution in [0.2, 0.25) is 0 Å². The van der Waals surface area contributed by atoms with Crippen molar-refractivity contribution in [2.45, 2.75) is 30.7 Å². The molecule has 0 aliphatic carbocycles. The molecule has 1 unspecified atom stereocenters. The first kappa shape index (κ1) is 15.6. The Labute approximate surface area is 121 Å². The summed E-state index contributed by atoms with van der Waals surface area (Å²) in [6.07, 6.45) is 0.983. The van der Waals surface area contributed by atoms with E-state index in [4.69, 9.17) is 18.0 Å². The molecule has 0 fully saturated rings. The van der Waals surface area contributed by atoms with Gasteiger partial charge in [-0.15, -0.1) is 0 Å². The van der Waals surface area contributed by atoms with E-state index in [9.17, 15) is 8.42 Å². The van der Waals surface area contributed by atoms with Crippen molar-refractivity contribution in [2.24, 2.45) is 5.73 Å². The largest absolute Gasteiger partial charge is 0.393 e. The first-order valence-electron chi connectivity index (χ1n) is 5.42. The molecule has 0 saturated carbocycles. The lowest BCUT2D eigenvalue weighted by Crippen LogP contribution is -2.37. The minimum absolute atomic E-state index is 0.214. The number of nitrogens with one attached hydrogen (secondary N) is 1. The topological polar surface area (TPSA) is 72.2 Å². The van der Waals surface area contributed by atoms with Gasteiger partial charge in [0.2, 0.25) is 10.0 Å². The zero-order chi connectivity index (χ0) is 13.8. The molecule has 0 aliphatic heterocycles. The lowest BCUT2D eigenvalue weighted by Gasteiger charge is -2.16. The van der Waals surface area contributed by atoms with Gasteiger partial charge in [0.05, 0.1) is 9.88 Å². The van der Waals surface area contributed by atoms with Gasteiger partial charge in [-0.2, -0.15) is 0 Å². The summed E-state index contributed by atoms with van der Waals surface area (Å²) in [5.74, 6) is 0. The summed E-state index contributed by atoms with van der Waals surface area (Å²) in [6.45, 7) is 1.88. The first-order valence-corrected chi connectivity index (χ1v) is 8.10. The second-order valence-electron chi connectivity index (χ2n) is 3.83. The summed E-state index contributed by atoms with van der Waals surface area (Å²) in [6, 6.07) is 6.38. The summed E-state index contributed by atoms with van der Waals surface area (Å²) in [5, 5.41) is 0. The maximum absolute atomic E-state index is 12.2. The first-order chi connectivity index (χ1) is 8.36. The number of rotatable bonds is 6. The standard InChI is InChI=1S/C11H15BrN2O2S2/c1-2-8(7-11(13)17)14-18(15,16)10-6-4-3-5-9(10)12/h3-6,8,14H,2,7H2,1H3,(H2,13,17). The van der Waals surface area contributed by atoms with Crippen molar-refractivity contribution in [3.05, 3.63) is 28.7 Å². The van der Waals surface area contributed by atoms with Crippen LogP contribution in [0, 0.1) is 0 Å². The molecule has 0 aliphatic rings. The van der Waals surface area contributed by atoms with E-state index >= 15 is 0 Å². The molecule has 0 amide bonds. The van der Waals surface area contributed by atoms with Gasteiger partial charge in [-0.25, -0.2) is 13.1 Å². The highest BCUT2D eigenvalue weighted by molar-refractivity contribution is 9.10. The van der Waals surface area contributed by atoms with Crippen LogP contribution in [0.3, 0.4) is 0 Å². The van der Waals surface area contributed by atoms with Crippen LogP contribution >= 0.6 is 28.1 Å². The zero-order valence-corrected chi connectivity index (χ0v) is 13.1. The van der Waals surface area contributed by atoms with Crippen molar-refractivity contribution < 1.29 is 8.42 Å². The molecular weight excluding hydrogens is 336 g/mol. The van der Waals surface area contributed by atoms with Crippen molar-refractivity contribution in [3.8, 4) is 0 Å². The van der Waals surface area contributed by atoms with Crippen molar-refractivity contribution >= 4 is 43.2 Å². The Balaban J connectivity index is 2.94. The fourth-order valence-corrected chi connectivity index (χ4v) is 3.98. The lowest BCUT2D eigenvalue weighted by molar-refractivity contribution is 0.546. The Morgan fingerprint density at radius 3 is 2.61 bits per heavy atom. The summed E-state index contributed by atoms with van der Waals surface area (Å²) >= 11 is 8.03. The predicted molar refractivity (Wildman–Crippen MR) is 79.9 cm³/mol. The molecule has 0 saturated heterocycles. The molecule has 3 N–H and O–H groups in total. The van der Waals surface area contributed by atoms with Crippen molar-refractivity contribution in [2.75, 3.05) is 0 Å². The van der Waals surface area contributed by atoms with Gasteiger partial charge >= 0.3 is 0 Å². The average molecular weight is 351 g/mol. The van der Waals surface area contributed by atoms with E-state index in [-0.39, 0.29) is 10.9 Å². The Kier molecular flexibility index (Phi) is 5.71. The van der Waals surface area contributed by atoms with Crippen LogP contribution in [0.1, 0.15) is 19.8 Å². The second-order valence-corrected chi connectivity index (χ2v) is 6.89. The average Bonchev–Trinajstić information content (AvgIpc) is 2.27. The molecule has 1 aromatic rings. The van der Waals surface area contributed by atoms with Crippen molar-refractivity contribution in [1.29, 1.82) is 0 Å². The van der Waals surface area contributed by atoms with Crippen LogP contribution in [0.5, 0.6) is 0 Å². The highest BCUT2D eigenvalue weighted by Gasteiger charge is 2.21. The maximum Gasteiger partial charge on any atom is 0.241 e. The number of sulfonamides is 1. The Morgan fingerprint density at radius 2 is 2.11 bits per heavy atom. The van der Waals surface area contributed by atoms with Crippen LogP contribution in [0.15, 0.2) is 33.6 Å². The van der Waals surface area contributed by atoms with Crippen LogP contribution in [-0.4, -0.2) is 19.4 Å². The van der Waals surface area contributed by atoms with Crippen LogP contribution in [0.4, 0.5) is 0 Å². The quantitative estimate of drug-likeness (QED) is 0.771. The molecule has 0 aromatic heterocycles. The molecule has 0 heterocycles. The molecule has 1 rings (SSSR count). The second kappa shape index (κ2) is 6.60. The SMILES string of the molecule is CCC(CC(N)=S)NS(=O)(=O)c1ccccc1Br. The van der Waals surface area contributed by atoms with Gasteiger partial charge in [-0.05, 0) is 34.5 Å². The van der Waals surface area contributed by atoms with E-state index in [1.165, 1.54) is 0 Å². The summed E-state index contributed by atoms with van der Waals surface area (Å²) < 4.78 is 27.5. The number of halogens is 1. The van der Waals surface area contributed by atoms with Crippen molar-refractivity contribution in [3.63, 3.8) is 0 Å². The van der Waals surface area contributed by atoms with Gasteiger partial charge in [-0.3, -0.25) is 0 Å². The zero-order valence-electron chi connectivity index (χ0n) is 9.89. The molecule has 1 atom stereocenters. The molecule has 4 nitrogen and oxygen atoms in total. The number of nitrogens with two attached hydrogens (primary N) is 1. The third-order valence-electron chi connectivity index (χ3n) is 2.39. The number of benzene rings is 1. The van der Waals surface area contributed by atoms with Gasteiger partial charge in [0.25, 0.3) is 0 Å². The van der Waals surface area contributed by atoms with Crippen molar-refractivity contribution in [1.82, 2.24) is 4.72 Å². The van der Waals surface area contributed by atoms with E-state index in [1.54, 1.807) is 24.3 Å². The van der Waals surface area contributed by atoms with E-state index in [2.05, 4.69) is 20.7 Å². The molecule has 0 spiro atoms. The maximum atomic E-state index is 12.2. The normalized spacial score (nSPS) is 13.2. The van der Waals surface area contributed by atoms with E-state index in [1.807, 2.05) is 6.92 Å². The fourth-order valence-electron chi connectivity index (χ4n) is 1.46. The lowest BCUT2D eigenvalue weighted by atomic mass is 10.2. The van der Waals surface area contributed by atoms with Crippen LogP contribution < -0.4 is 10.5 Å². The predicted octanol–water partition coefficient (Wildman–Crippen LogP) is 2.18. The van der Waals surface area contributed by atoms with Gasteiger partial charge in [0.15, 0.2) is 0 Å². The molecule has 7 heteroatoms. The van der Waals surface area contributed by atoms with Gasteiger partial charge in [-0.1, -0.05) is 31.3 Å². The number of hydrogen-bond acceptors (Lipinski definition) is 3. The molecule has 100 valence electrons. The molecule has 18 heavy (non-hydrogen) atoms. The summed E-state index contributed by atoms with van der Waals surface area (Å²) in [7, 11) is -3.56. The minimum atomic E-state index is -3.56. The Hall–Kier alpha value is -0.500. The third-order valence-corrected chi connectivity index (χ3v) is 5.09. The van der Waals surface area contributed by atoms with Gasteiger partial charge in [0, 0.05) is 16.9 Å². The van der Waals surface area contributed by atoms with Crippen LogP contribution in [-0.2, 0) is 10.0 Å². The summed E-state index contributed by atoms with van der Waals surface area (Å²) in [5.41, 5.74) is 5.44. The number of thiocarbonyl (C=S) groups is 1. The minimum Gasteiger partial charge on any atom is -0.393 e. The van der Waals surface area contributed by atoms with E-state index in [0.29, 0.717) is 22.3 Å². The highest BCUT2D eigenvalue weighted by Crippen LogP contribution is 2.21. The van der Waals surface area contributed by atoms with E-state index < -0.39 is 10.0 Å².